The van der Waals surface area contributed by atoms with Gasteiger partial charge in [-0.15, -0.1) is 0 Å². The Morgan fingerprint density at radius 2 is 1.65 bits per heavy atom. The van der Waals surface area contributed by atoms with Crippen LogP contribution in [0.5, 0.6) is 0 Å². The Kier molecular flexibility index (Phi) is 7.46. The zero-order valence-corrected chi connectivity index (χ0v) is 15.4. The van der Waals surface area contributed by atoms with Gasteiger partial charge in [0.05, 0.1) is 13.2 Å². The van der Waals surface area contributed by atoms with Gasteiger partial charge in [0.15, 0.2) is 0 Å². The molecule has 0 aliphatic heterocycles. The van der Waals surface area contributed by atoms with Crippen molar-refractivity contribution in [1.29, 1.82) is 0 Å². The number of benzene rings is 1. The van der Waals surface area contributed by atoms with Crippen molar-refractivity contribution in [1.82, 2.24) is 0 Å². The summed E-state index contributed by atoms with van der Waals surface area (Å²) in [6.45, 7) is 10.1. The van der Waals surface area contributed by atoms with Crippen LogP contribution in [0, 0.1) is 0 Å². The van der Waals surface area contributed by atoms with Crippen LogP contribution >= 0.6 is 7.60 Å². The first-order chi connectivity index (χ1) is 10.7. The fourth-order valence-electron chi connectivity index (χ4n) is 2.58. The number of rotatable bonds is 9. The third-order valence-corrected chi connectivity index (χ3v) is 5.23. The molecule has 0 saturated heterocycles. The van der Waals surface area contributed by atoms with Crippen LogP contribution in [0.25, 0.3) is 0 Å². The van der Waals surface area contributed by atoms with E-state index in [0.717, 1.165) is 5.56 Å². The van der Waals surface area contributed by atoms with E-state index in [1.54, 1.807) is 6.92 Å². The van der Waals surface area contributed by atoms with E-state index in [4.69, 9.17) is 14.2 Å². The smallest absolute Gasteiger partial charge is 0.438 e. The number of carboxylic acid groups (broad SMARTS) is 1. The maximum atomic E-state index is 12.1. The molecule has 1 rings (SSSR count). The van der Waals surface area contributed by atoms with Gasteiger partial charge in [-0.3, -0.25) is 0 Å². The molecule has 0 aliphatic carbocycles. The van der Waals surface area contributed by atoms with Gasteiger partial charge in [0, 0.05) is 0 Å². The van der Waals surface area contributed by atoms with E-state index in [9.17, 15) is 9.36 Å². The third-order valence-electron chi connectivity index (χ3n) is 3.64. The molecule has 0 radical (unpaired) electrons. The van der Waals surface area contributed by atoms with Crippen molar-refractivity contribution in [3.8, 4) is 0 Å². The van der Waals surface area contributed by atoms with E-state index in [2.05, 4.69) is 39.8 Å². The zero-order chi connectivity index (χ0) is 17.6. The lowest BCUT2D eigenvalue weighted by Crippen LogP contribution is -2.10. The van der Waals surface area contributed by atoms with Crippen LogP contribution < -0.4 is 0 Å². The summed E-state index contributed by atoms with van der Waals surface area (Å²) in [5.74, 6) is 0.698. The summed E-state index contributed by atoms with van der Waals surface area (Å²) in [5, 5.41) is 9.03. The molecule has 0 fully saturated rings. The van der Waals surface area contributed by atoms with Gasteiger partial charge in [-0.05, 0) is 41.9 Å². The monoisotopic (exact) mass is 342 g/mol. The molecule has 6 heteroatoms. The fraction of sp³-hybridized carbons (Fsp3) is 0.588. The van der Waals surface area contributed by atoms with Crippen LogP contribution in [-0.2, 0) is 20.0 Å². The highest BCUT2D eigenvalue weighted by molar-refractivity contribution is 7.71. The predicted molar refractivity (Wildman–Crippen MR) is 91.5 cm³/mol. The summed E-state index contributed by atoms with van der Waals surface area (Å²) in [6, 6.07) is 6.19. The minimum absolute atomic E-state index is 0.0312. The number of hydrogen-bond acceptors (Lipinski definition) is 4. The first-order valence-electron chi connectivity index (χ1n) is 7.97. The fourth-order valence-corrected chi connectivity index (χ4v) is 3.55. The lowest BCUT2D eigenvalue weighted by Gasteiger charge is -2.20. The summed E-state index contributed by atoms with van der Waals surface area (Å²) < 4.78 is 22.1. The summed E-state index contributed by atoms with van der Waals surface area (Å²) >= 11 is 0. The van der Waals surface area contributed by atoms with Gasteiger partial charge in [-0.25, -0.2) is 9.36 Å². The van der Waals surface area contributed by atoms with E-state index in [-0.39, 0.29) is 13.2 Å². The summed E-state index contributed by atoms with van der Waals surface area (Å²) in [4.78, 5) is 11.1. The molecule has 0 heterocycles. The Bertz CT molecular complexity index is 554. The van der Waals surface area contributed by atoms with Crippen LogP contribution in [-0.4, -0.2) is 24.0 Å². The summed E-state index contributed by atoms with van der Waals surface area (Å²) in [7, 11) is -4.09. The van der Waals surface area contributed by atoms with Crippen molar-refractivity contribution < 1.29 is 23.5 Å². The summed E-state index contributed by atoms with van der Waals surface area (Å²) in [5.41, 5.74) is 2.02. The van der Waals surface area contributed by atoms with Crippen LogP contribution in [0.2, 0.25) is 0 Å². The van der Waals surface area contributed by atoms with Crippen molar-refractivity contribution in [3.05, 3.63) is 34.9 Å². The molecule has 0 aromatic heterocycles. The molecular weight excluding hydrogens is 315 g/mol. The molecule has 1 aromatic carbocycles. The number of hydrogen-bond donors (Lipinski definition) is 1. The normalized spacial score (nSPS) is 14.2. The summed E-state index contributed by atoms with van der Waals surface area (Å²) in [6.07, 6.45) is 0.506. The maximum Gasteiger partial charge on any atom is 0.438 e. The molecule has 23 heavy (non-hydrogen) atoms. The first-order valence-corrected chi connectivity index (χ1v) is 9.51. The molecule has 0 aliphatic rings. The second kappa shape index (κ2) is 8.62. The Hall–Kier alpha value is -1.16. The van der Waals surface area contributed by atoms with E-state index >= 15 is 0 Å². The minimum atomic E-state index is -4.09. The SMILES string of the molecule is CCOP(=O)(OCCc1c(C(C)C)cccc1C(C)C)C(=O)O. The second-order valence-corrected chi connectivity index (χ2v) is 7.90. The minimum Gasteiger partial charge on any atom is -0.472 e. The van der Waals surface area contributed by atoms with Gasteiger partial charge in [-0.2, -0.15) is 0 Å². The van der Waals surface area contributed by atoms with Crippen LogP contribution in [0.4, 0.5) is 4.79 Å². The second-order valence-electron chi connectivity index (χ2n) is 6.01. The quantitative estimate of drug-likeness (QED) is 0.608. The Morgan fingerprint density at radius 3 is 2.04 bits per heavy atom. The maximum absolute atomic E-state index is 12.1. The molecule has 1 aromatic rings. The Labute approximate surface area is 138 Å². The Balaban J connectivity index is 2.96. The number of carbonyl (C=O) groups is 1. The molecular formula is C17H27O5P. The zero-order valence-electron chi connectivity index (χ0n) is 14.5. The lowest BCUT2D eigenvalue weighted by atomic mass is 9.87. The first kappa shape index (κ1) is 19.9. The molecule has 1 unspecified atom stereocenters. The van der Waals surface area contributed by atoms with E-state index in [1.165, 1.54) is 11.1 Å². The highest BCUT2D eigenvalue weighted by Crippen LogP contribution is 2.48. The van der Waals surface area contributed by atoms with Crippen LogP contribution in [0.3, 0.4) is 0 Å². The van der Waals surface area contributed by atoms with Gasteiger partial charge in [0.25, 0.3) is 0 Å². The van der Waals surface area contributed by atoms with Gasteiger partial charge in [0.1, 0.15) is 0 Å². The molecule has 5 nitrogen and oxygen atoms in total. The lowest BCUT2D eigenvalue weighted by molar-refractivity contribution is 0.179. The van der Waals surface area contributed by atoms with Gasteiger partial charge >= 0.3 is 13.3 Å². The Morgan fingerprint density at radius 1 is 1.13 bits per heavy atom. The van der Waals surface area contributed by atoms with Crippen molar-refractivity contribution in [2.75, 3.05) is 13.2 Å². The highest BCUT2D eigenvalue weighted by atomic mass is 31.2. The molecule has 0 saturated carbocycles. The van der Waals surface area contributed by atoms with Crippen LogP contribution in [0.15, 0.2) is 18.2 Å². The van der Waals surface area contributed by atoms with E-state index < -0.39 is 13.3 Å². The molecule has 0 spiro atoms. The van der Waals surface area contributed by atoms with Crippen molar-refractivity contribution in [3.63, 3.8) is 0 Å². The van der Waals surface area contributed by atoms with E-state index in [1.807, 2.05) is 6.07 Å². The van der Waals surface area contributed by atoms with Gasteiger partial charge in [-0.1, -0.05) is 45.9 Å². The molecule has 1 N–H and O–H groups in total. The van der Waals surface area contributed by atoms with Gasteiger partial charge < -0.3 is 14.2 Å². The largest absolute Gasteiger partial charge is 0.472 e. The van der Waals surface area contributed by atoms with Crippen LogP contribution in [0.1, 0.15) is 63.1 Å². The van der Waals surface area contributed by atoms with Crippen molar-refractivity contribution in [2.45, 2.75) is 52.9 Å². The molecule has 1 atom stereocenters. The predicted octanol–water partition coefficient (Wildman–Crippen LogP) is 5.40. The molecule has 0 amide bonds. The molecule has 130 valence electrons. The van der Waals surface area contributed by atoms with Crippen molar-refractivity contribution >= 4 is 13.3 Å². The average Bonchev–Trinajstić information content (AvgIpc) is 2.46. The average molecular weight is 342 g/mol. The standard InChI is InChI=1S/C17H27O5P/c1-6-21-23(20,17(18)19)22-11-10-16-14(12(2)3)8-7-9-15(16)13(4)5/h7-9,12-13H,6,10-11H2,1-5H3,(H,18,19). The topological polar surface area (TPSA) is 72.8 Å². The molecule has 0 bridgehead atoms. The third kappa shape index (κ3) is 5.17. The highest BCUT2D eigenvalue weighted by Gasteiger charge is 2.34. The van der Waals surface area contributed by atoms with Gasteiger partial charge in [0.2, 0.25) is 0 Å². The van der Waals surface area contributed by atoms with E-state index in [0.29, 0.717) is 18.3 Å². The van der Waals surface area contributed by atoms with Crippen molar-refractivity contribution in [2.24, 2.45) is 0 Å².